The van der Waals surface area contributed by atoms with Gasteiger partial charge in [0.2, 0.25) is 0 Å². The van der Waals surface area contributed by atoms with Crippen molar-refractivity contribution in [3.8, 4) is 0 Å². The van der Waals surface area contributed by atoms with E-state index < -0.39 is 97.5 Å². The molecule has 0 aliphatic rings. The second-order valence-electron chi connectivity index (χ2n) is 31.0. The monoisotopic (exact) mass is 1480 g/mol. The van der Waals surface area contributed by atoms with Gasteiger partial charge in [0.15, 0.2) is 12.2 Å². The zero-order valence-electron chi connectivity index (χ0n) is 66.5. The van der Waals surface area contributed by atoms with Crippen LogP contribution in [0.3, 0.4) is 0 Å². The van der Waals surface area contributed by atoms with Gasteiger partial charge in [-0.2, -0.15) is 0 Å². The molecule has 0 heterocycles. The predicted octanol–water partition coefficient (Wildman–Crippen LogP) is 24.4. The second-order valence-corrected chi connectivity index (χ2v) is 33.9. The summed E-state index contributed by atoms with van der Waals surface area (Å²) in [6.45, 7) is 14.3. The molecule has 0 rings (SSSR count). The number of carbonyl (C=O) groups is 4. The Bertz CT molecular complexity index is 1980. The molecule has 4 unspecified atom stereocenters. The minimum Gasteiger partial charge on any atom is -0.462 e. The molecule has 600 valence electrons. The van der Waals surface area contributed by atoms with Gasteiger partial charge in [-0.15, -0.1) is 0 Å². The Balaban J connectivity index is 5.24. The fourth-order valence-electron chi connectivity index (χ4n) is 12.5. The molecule has 0 bridgehead atoms. The van der Waals surface area contributed by atoms with Gasteiger partial charge in [-0.25, -0.2) is 9.13 Å². The first-order valence-electron chi connectivity index (χ1n) is 42.3. The van der Waals surface area contributed by atoms with Gasteiger partial charge in [0.25, 0.3) is 0 Å². The third kappa shape index (κ3) is 73.4. The van der Waals surface area contributed by atoms with Gasteiger partial charge >= 0.3 is 39.5 Å². The van der Waals surface area contributed by atoms with Crippen LogP contribution in [0.4, 0.5) is 0 Å². The highest BCUT2D eigenvalue weighted by Crippen LogP contribution is 2.45. The highest BCUT2D eigenvalue weighted by molar-refractivity contribution is 7.47. The Labute approximate surface area is 619 Å². The van der Waals surface area contributed by atoms with Crippen LogP contribution in [0.15, 0.2) is 0 Å². The number of aliphatic hydroxyl groups excluding tert-OH is 1. The predicted molar refractivity (Wildman–Crippen MR) is 414 cm³/mol. The van der Waals surface area contributed by atoms with E-state index in [9.17, 15) is 43.2 Å². The quantitative estimate of drug-likeness (QED) is 0.0222. The molecule has 0 aromatic heterocycles. The van der Waals surface area contributed by atoms with Crippen LogP contribution in [-0.2, 0) is 65.4 Å². The lowest BCUT2D eigenvalue weighted by atomic mass is 9.99. The van der Waals surface area contributed by atoms with Crippen LogP contribution in [0.1, 0.15) is 421 Å². The summed E-state index contributed by atoms with van der Waals surface area (Å²) in [6.07, 6.45) is 58.3. The van der Waals surface area contributed by atoms with Crippen molar-refractivity contribution < 1.29 is 80.2 Å². The molecule has 17 nitrogen and oxygen atoms in total. The third-order valence-corrected chi connectivity index (χ3v) is 21.7. The number of rotatable bonds is 79. The molecule has 0 aliphatic heterocycles. The molecule has 101 heavy (non-hydrogen) atoms. The van der Waals surface area contributed by atoms with E-state index in [1.807, 2.05) is 0 Å². The Morgan fingerprint density at radius 2 is 0.475 bits per heavy atom. The number of carbonyl (C=O) groups excluding carboxylic acids is 4. The number of ether oxygens (including phenoxy) is 4. The van der Waals surface area contributed by atoms with Crippen LogP contribution < -0.4 is 0 Å². The molecule has 0 amide bonds. The minimum atomic E-state index is -4.96. The van der Waals surface area contributed by atoms with Gasteiger partial charge in [0.1, 0.15) is 19.3 Å². The van der Waals surface area contributed by atoms with Crippen LogP contribution in [-0.4, -0.2) is 96.7 Å². The van der Waals surface area contributed by atoms with Crippen molar-refractivity contribution in [1.29, 1.82) is 0 Å². The van der Waals surface area contributed by atoms with Crippen molar-refractivity contribution in [3.63, 3.8) is 0 Å². The molecule has 0 aromatic carbocycles. The Kier molecular flexibility index (Phi) is 69.6. The van der Waals surface area contributed by atoms with Crippen LogP contribution in [0.25, 0.3) is 0 Å². The number of phosphoric ester groups is 2. The molecule has 0 saturated heterocycles. The first-order chi connectivity index (χ1) is 48.7. The van der Waals surface area contributed by atoms with Gasteiger partial charge in [0.05, 0.1) is 26.4 Å². The van der Waals surface area contributed by atoms with E-state index in [4.69, 9.17) is 37.0 Å². The number of hydrogen-bond acceptors (Lipinski definition) is 15. The Morgan fingerprint density at radius 1 is 0.277 bits per heavy atom. The van der Waals surface area contributed by atoms with Gasteiger partial charge in [-0.1, -0.05) is 370 Å². The van der Waals surface area contributed by atoms with Crippen LogP contribution in [0.5, 0.6) is 0 Å². The summed E-state index contributed by atoms with van der Waals surface area (Å²) >= 11 is 0. The molecule has 3 N–H and O–H groups in total. The Hall–Kier alpha value is -1.94. The Morgan fingerprint density at radius 3 is 0.703 bits per heavy atom. The van der Waals surface area contributed by atoms with Gasteiger partial charge in [0, 0.05) is 25.7 Å². The van der Waals surface area contributed by atoms with E-state index in [-0.39, 0.29) is 25.7 Å². The summed E-state index contributed by atoms with van der Waals surface area (Å²) in [7, 11) is -9.92. The summed E-state index contributed by atoms with van der Waals surface area (Å²) in [6, 6.07) is 0. The lowest BCUT2D eigenvalue weighted by molar-refractivity contribution is -0.161. The maximum absolute atomic E-state index is 13.1. The molecular weight excluding hydrogens is 1320 g/mol. The summed E-state index contributed by atoms with van der Waals surface area (Å²) < 4.78 is 68.7. The van der Waals surface area contributed by atoms with Crippen LogP contribution in [0.2, 0.25) is 0 Å². The zero-order valence-corrected chi connectivity index (χ0v) is 68.3. The second kappa shape index (κ2) is 71.0. The van der Waals surface area contributed by atoms with E-state index in [2.05, 4.69) is 55.4 Å². The standard InChI is InChI=1S/C82H160O17P2/c1-9-74(7)60-52-44-36-30-26-27-33-39-49-57-65-82(87)99-78(69-93-80(85)63-55-47-41-40-45-53-61-75(8)10-2)71-97-101(90,91)95-67-76(83)66-94-100(88,89)96-70-77(68-92-79(84)62-54-46-37-31-24-21-17-19-23-29-35-43-51-59-73(5)6)98-81(86)64-56-48-38-32-25-20-16-14-12-11-13-15-18-22-28-34-42-50-58-72(3)4/h72-78,83H,9-71H2,1-8H3,(H,88,89)(H,90,91)/t74?,75?,76-,77-,78-/m1/s1. The van der Waals surface area contributed by atoms with Crippen molar-refractivity contribution in [2.75, 3.05) is 39.6 Å². The largest absolute Gasteiger partial charge is 0.472 e. The lowest BCUT2D eigenvalue weighted by Crippen LogP contribution is -2.30. The average molecular weight is 1480 g/mol. The highest BCUT2D eigenvalue weighted by Gasteiger charge is 2.30. The summed E-state index contributed by atoms with van der Waals surface area (Å²) in [4.78, 5) is 73.1. The van der Waals surface area contributed by atoms with Crippen LogP contribution in [0, 0.1) is 23.7 Å². The maximum Gasteiger partial charge on any atom is 0.472 e. The fraction of sp³-hybridized carbons (Fsp3) is 0.951. The molecule has 0 spiro atoms. The molecule has 0 fully saturated rings. The zero-order chi connectivity index (χ0) is 74.6. The minimum absolute atomic E-state index is 0.105. The molecule has 0 aromatic rings. The van der Waals surface area contributed by atoms with Gasteiger partial charge in [-0.3, -0.25) is 37.3 Å². The topological polar surface area (TPSA) is 237 Å². The fourth-order valence-corrected chi connectivity index (χ4v) is 14.1. The SMILES string of the molecule is CCC(C)CCCCCCCCCCCCC(=O)O[C@H](COC(=O)CCCCCCCCC(C)CC)COP(=O)(O)OC[C@H](O)COP(=O)(O)OC[C@@H](COC(=O)CCCCCCCCCCCCCCCC(C)C)OC(=O)CCCCCCCCCCCCCCCCCCCCC(C)C. The van der Waals surface area contributed by atoms with E-state index in [0.717, 1.165) is 120 Å². The molecular formula is C82H160O17P2. The van der Waals surface area contributed by atoms with Crippen molar-refractivity contribution in [3.05, 3.63) is 0 Å². The smallest absolute Gasteiger partial charge is 0.462 e. The van der Waals surface area contributed by atoms with E-state index in [1.54, 1.807) is 0 Å². The number of esters is 4. The molecule has 0 radical (unpaired) electrons. The number of unbranched alkanes of at least 4 members (excludes halogenated alkanes) is 43. The van der Waals surface area contributed by atoms with E-state index in [1.165, 1.54) is 218 Å². The normalized spacial score (nSPS) is 14.5. The summed E-state index contributed by atoms with van der Waals surface area (Å²) in [5.74, 6) is 1.03. The molecule has 0 aliphatic carbocycles. The van der Waals surface area contributed by atoms with Gasteiger partial charge in [-0.05, 0) is 49.4 Å². The number of phosphoric acid groups is 2. The van der Waals surface area contributed by atoms with E-state index in [0.29, 0.717) is 25.7 Å². The first kappa shape index (κ1) is 99.1. The van der Waals surface area contributed by atoms with E-state index >= 15 is 0 Å². The summed E-state index contributed by atoms with van der Waals surface area (Å²) in [5, 5.41) is 10.6. The first-order valence-corrected chi connectivity index (χ1v) is 45.3. The molecule has 0 saturated carbocycles. The van der Waals surface area contributed by atoms with Crippen molar-refractivity contribution in [2.45, 2.75) is 440 Å². The third-order valence-electron chi connectivity index (χ3n) is 19.8. The number of hydrogen-bond donors (Lipinski definition) is 3. The molecule has 19 heteroatoms. The van der Waals surface area contributed by atoms with Crippen LogP contribution >= 0.6 is 15.6 Å². The molecule has 7 atom stereocenters. The summed E-state index contributed by atoms with van der Waals surface area (Å²) in [5.41, 5.74) is 0. The lowest BCUT2D eigenvalue weighted by Gasteiger charge is -2.21. The highest BCUT2D eigenvalue weighted by atomic mass is 31.2. The van der Waals surface area contributed by atoms with Crippen molar-refractivity contribution >= 4 is 39.5 Å². The van der Waals surface area contributed by atoms with Crippen molar-refractivity contribution in [2.24, 2.45) is 23.7 Å². The van der Waals surface area contributed by atoms with Crippen molar-refractivity contribution in [1.82, 2.24) is 0 Å². The average Bonchev–Trinajstić information content (AvgIpc) is 0.978. The van der Waals surface area contributed by atoms with Gasteiger partial charge < -0.3 is 33.8 Å². The number of aliphatic hydroxyl groups is 1. The maximum atomic E-state index is 13.1.